The Hall–Kier alpha value is -0.910. The minimum absolute atomic E-state index is 0.0779. The van der Waals surface area contributed by atoms with E-state index in [9.17, 15) is 8.42 Å². The molecule has 0 radical (unpaired) electrons. The molecule has 4 nitrogen and oxygen atoms in total. The number of rotatable bonds is 7. The number of hydrogen-bond acceptors (Lipinski definition) is 3. The largest absolute Gasteiger partial charge is 0.316 e. The summed E-state index contributed by atoms with van der Waals surface area (Å²) in [6, 6.07) is 7.69. The first-order valence-corrected chi connectivity index (χ1v) is 7.84. The Kier molecular flexibility index (Phi) is 5.78. The van der Waals surface area contributed by atoms with Gasteiger partial charge in [-0.3, -0.25) is 0 Å². The van der Waals surface area contributed by atoms with Gasteiger partial charge in [-0.15, -0.1) is 0 Å². The molecule has 0 spiro atoms. The highest BCUT2D eigenvalue weighted by Crippen LogP contribution is 2.12. The third-order valence-corrected chi connectivity index (χ3v) is 4.85. The number of sulfonamides is 1. The van der Waals surface area contributed by atoms with Gasteiger partial charge in [0, 0.05) is 19.6 Å². The minimum atomic E-state index is -3.18. The highest BCUT2D eigenvalue weighted by Gasteiger charge is 2.18. The lowest BCUT2D eigenvalue weighted by Gasteiger charge is -2.18. The fourth-order valence-electron chi connectivity index (χ4n) is 1.88. The molecule has 0 heterocycles. The lowest BCUT2D eigenvalue weighted by molar-refractivity contribution is 0.444. The first-order valence-electron chi connectivity index (χ1n) is 6.23. The van der Waals surface area contributed by atoms with Crippen molar-refractivity contribution in [3.05, 3.63) is 35.4 Å². The van der Waals surface area contributed by atoms with Gasteiger partial charge in [0.05, 0.1) is 5.75 Å². The predicted molar refractivity (Wildman–Crippen MR) is 74.8 cm³/mol. The summed E-state index contributed by atoms with van der Waals surface area (Å²) in [4.78, 5) is 0. The number of hydrogen-bond donors (Lipinski definition) is 1. The van der Waals surface area contributed by atoms with Gasteiger partial charge in [0.15, 0.2) is 0 Å². The summed E-state index contributed by atoms with van der Waals surface area (Å²) >= 11 is 0. The molecule has 0 aliphatic rings. The molecule has 1 N–H and O–H groups in total. The molecule has 0 saturated carbocycles. The summed E-state index contributed by atoms with van der Waals surface area (Å²) in [5, 5.41) is 3.06. The van der Waals surface area contributed by atoms with E-state index in [1.165, 1.54) is 4.31 Å². The summed E-state index contributed by atoms with van der Waals surface area (Å²) in [5.41, 5.74) is 1.99. The van der Waals surface area contributed by atoms with Crippen LogP contribution in [0.15, 0.2) is 24.3 Å². The van der Waals surface area contributed by atoms with Crippen molar-refractivity contribution in [2.75, 3.05) is 20.1 Å². The van der Waals surface area contributed by atoms with Crippen LogP contribution in [0.1, 0.15) is 25.0 Å². The highest BCUT2D eigenvalue weighted by atomic mass is 32.2. The zero-order valence-corrected chi connectivity index (χ0v) is 12.1. The molecule has 1 rings (SSSR count). The Morgan fingerprint density at radius 3 is 2.00 bits per heavy atom. The summed E-state index contributed by atoms with van der Waals surface area (Å²) in [7, 11) is -1.30. The van der Waals surface area contributed by atoms with Crippen LogP contribution in [0.3, 0.4) is 0 Å². The molecule has 1 aromatic carbocycles. The van der Waals surface area contributed by atoms with E-state index in [-0.39, 0.29) is 5.75 Å². The van der Waals surface area contributed by atoms with Crippen LogP contribution in [0.5, 0.6) is 0 Å². The van der Waals surface area contributed by atoms with Crippen LogP contribution in [-0.2, 0) is 22.3 Å². The Bertz CT molecular complexity index is 450. The molecule has 0 saturated heterocycles. The first-order chi connectivity index (χ1) is 8.53. The maximum absolute atomic E-state index is 12.1. The van der Waals surface area contributed by atoms with Gasteiger partial charge in [-0.05, 0) is 18.2 Å². The molecular weight excluding hydrogens is 248 g/mol. The van der Waals surface area contributed by atoms with Gasteiger partial charge >= 0.3 is 0 Å². The van der Waals surface area contributed by atoms with Gasteiger partial charge in [0.1, 0.15) is 0 Å². The van der Waals surface area contributed by atoms with Gasteiger partial charge in [-0.1, -0.05) is 38.1 Å². The van der Waals surface area contributed by atoms with Crippen LogP contribution >= 0.6 is 0 Å². The number of nitrogens with one attached hydrogen (secondary N) is 1. The van der Waals surface area contributed by atoms with Gasteiger partial charge < -0.3 is 5.32 Å². The molecule has 0 fully saturated rings. The van der Waals surface area contributed by atoms with E-state index >= 15 is 0 Å². The van der Waals surface area contributed by atoms with Crippen LogP contribution < -0.4 is 5.32 Å². The van der Waals surface area contributed by atoms with Crippen molar-refractivity contribution in [2.45, 2.75) is 26.1 Å². The van der Waals surface area contributed by atoms with Gasteiger partial charge in [0.2, 0.25) is 10.0 Å². The lowest BCUT2D eigenvalue weighted by atomic mass is 10.1. The molecule has 0 unspecified atom stereocenters. The van der Waals surface area contributed by atoms with Crippen LogP contribution in [0, 0.1) is 0 Å². The molecule has 0 aromatic heterocycles. The van der Waals surface area contributed by atoms with Gasteiger partial charge in [0.25, 0.3) is 0 Å². The molecule has 0 aliphatic heterocycles. The molecule has 1 aromatic rings. The second-order valence-corrected chi connectivity index (χ2v) is 6.16. The second-order valence-electron chi connectivity index (χ2n) is 4.19. The van der Waals surface area contributed by atoms with E-state index in [0.29, 0.717) is 13.1 Å². The maximum Gasteiger partial charge on any atom is 0.218 e. The lowest BCUT2D eigenvalue weighted by Crippen LogP contribution is -2.31. The topological polar surface area (TPSA) is 49.4 Å². The highest BCUT2D eigenvalue weighted by molar-refractivity contribution is 7.88. The van der Waals surface area contributed by atoms with E-state index in [1.54, 1.807) is 0 Å². The quantitative estimate of drug-likeness (QED) is 0.818. The monoisotopic (exact) mass is 270 g/mol. The molecular formula is C13H22N2O2S. The fourth-order valence-corrected chi connectivity index (χ4v) is 3.46. The van der Waals surface area contributed by atoms with Crippen molar-refractivity contribution >= 4 is 10.0 Å². The number of nitrogens with zero attached hydrogens (tertiary/aromatic N) is 1. The molecule has 18 heavy (non-hydrogen) atoms. The van der Waals surface area contributed by atoms with Crippen molar-refractivity contribution < 1.29 is 8.42 Å². The zero-order chi connectivity index (χ0) is 13.6. The third-order valence-electron chi connectivity index (χ3n) is 2.85. The second kappa shape index (κ2) is 6.87. The average Bonchev–Trinajstić information content (AvgIpc) is 2.33. The molecule has 0 bridgehead atoms. The van der Waals surface area contributed by atoms with Crippen LogP contribution in [0.4, 0.5) is 0 Å². The minimum Gasteiger partial charge on any atom is -0.316 e. The Morgan fingerprint density at radius 2 is 1.56 bits per heavy atom. The van der Waals surface area contributed by atoms with Gasteiger partial charge in [-0.2, -0.15) is 0 Å². The smallest absolute Gasteiger partial charge is 0.218 e. The summed E-state index contributed by atoms with van der Waals surface area (Å²) in [6.07, 6.45) is 0. The Balaban J connectivity index is 2.78. The van der Waals surface area contributed by atoms with Crippen LogP contribution in [0.25, 0.3) is 0 Å². The zero-order valence-electron chi connectivity index (χ0n) is 11.3. The van der Waals surface area contributed by atoms with E-state index in [0.717, 1.165) is 17.7 Å². The van der Waals surface area contributed by atoms with E-state index in [1.807, 2.05) is 45.2 Å². The SMILES string of the molecule is CCN(CC)S(=O)(=O)Cc1ccc(CNC)cc1. The third kappa shape index (κ3) is 4.08. The van der Waals surface area contributed by atoms with Crippen molar-refractivity contribution in [3.63, 3.8) is 0 Å². The summed E-state index contributed by atoms with van der Waals surface area (Å²) < 4.78 is 25.7. The number of benzene rings is 1. The summed E-state index contributed by atoms with van der Waals surface area (Å²) in [5.74, 6) is 0.0779. The Labute approximate surface area is 110 Å². The maximum atomic E-state index is 12.1. The van der Waals surface area contributed by atoms with Crippen molar-refractivity contribution in [2.24, 2.45) is 0 Å². The predicted octanol–water partition coefficient (Wildman–Crippen LogP) is 1.58. The van der Waals surface area contributed by atoms with Crippen LogP contribution in [-0.4, -0.2) is 32.9 Å². The van der Waals surface area contributed by atoms with Crippen molar-refractivity contribution in [3.8, 4) is 0 Å². The Morgan fingerprint density at radius 1 is 1.06 bits per heavy atom. The molecule has 102 valence electrons. The van der Waals surface area contributed by atoms with Crippen LogP contribution in [0.2, 0.25) is 0 Å². The summed E-state index contributed by atoms with van der Waals surface area (Å²) in [6.45, 7) is 5.56. The van der Waals surface area contributed by atoms with Crippen molar-refractivity contribution in [1.29, 1.82) is 0 Å². The van der Waals surface area contributed by atoms with E-state index in [2.05, 4.69) is 5.32 Å². The van der Waals surface area contributed by atoms with Crippen molar-refractivity contribution in [1.82, 2.24) is 9.62 Å². The normalized spacial score (nSPS) is 12.0. The molecule has 5 heteroatoms. The standard InChI is InChI=1S/C13H22N2O2S/c1-4-15(5-2)18(16,17)11-13-8-6-12(7-9-13)10-14-3/h6-9,14H,4-5,10-11H2,1-3H3. The van der Waals surface area contributed by atoms with E-state index < -0.39 is 10.0 Å². The molecule has 0 amide bonds. The molecule has 0 atom stereocenters. The average molecular weight is 270 g/mol. The fraction of sp³-hybridized carbons (Fsp3) is 0.538. The van der Waals surface area contributed by atoms with Gasteiger partial charge in [-0.25, -0.2) is 12.7 Å². The molecule has 0 aliphatic carbocycles. The first kappa shape index (κ1) is 15.1. The van der Waals surface area contributed by atoms with E-state index in [4.69, 9.17) is 0 Å².